The molecule has 0 radical (unpaired) electrons. The van der Waals surface area contributed by atoms with Crippen LogP contribution in [-0.2, 0) is 9.53 Å². The third kappa shape index (κ3) is 7.35. The first kappa shape index (κ1) is 12.7. The first-order valence-electron chi connectivity index (χ1n) is 4.88. The highest BCUT2D eigenvalue weighted by molar-refractivity contribution is 5.86. The van der Waals surface area contributed by atoms with E-state index in [1.165, 1.54) is 0 Å². The van der Waals surface area contributed by atoms with Gasteiger partial charge in [-0.25, -0.2) is 4.79 Å². The Morgan fingerprint density at radius 3 is 2.57 bits per heavy atom. The quantitative estimate of drug-likeness (QED) is 0.356. The number of carbonyl (C=O) groups is 1. The lowest BCUT2D eigenvalue weighted by Crippen LogP contribution is -2.05. The average molecular weight is 195 g/mol. The van der Waals surface area contributed by atoms with Gasteiger partial charge in [0.2, 0.25) is 0 Å². The van der Waals surface area contributed by atoms with E-state index >= 15 is 0 Å². The van der Waals surface area contributed by atoms with Gasteiger partial charge >= 0.3 is 5.97 Å². The molecule has 0 aromatic heterocycles. The van der Waals surface area contributed by atoms with Crippen LogP contribution < -0.4 is 0 Å². The van der Waals surface area contributed by atoms with Crippen molar-refractivity contribution in [3.05, 3.63) is 12.2 Å². The van der Waals surface area contributed by atoms with Gasteiger partial charge in [-0.05, 0) is 19.8 Å². The summed E-state index contributed by atoms with van der Waals surface area (Å²) in [6, 6.07) is 2.09. The zero-order valence-corrected chi connectivity index (χ0v) is 8.71. The average Bonchev–Trinajstić information content (AvgIpc) is 2.16. The largest absolute Gasteiger partial charge is 0.462 e. The Kier molecular flexibility index (Phi) is 7.53. The molecule has 0 aliphatic carbocycles. The van der Waals surface area contributed by atoms with Gasteiger partial charge in [-0.1, -0.05) is 19.4 Å². The molecule has 14 heavy (non-hydrogen) atoms. The minimum Gasteiger partial charge on any atom is -0.462 e. The number of hydrogen-bond donors (Lipinski definition) is 0. The number of nitriles is 1. The van der Waals surface area contributed by atoms with Crippen molar-refractivity contribution in [3.63, 3.8) is 0 Å². The molecule has 0 saturated carbocycles. The lowest BCUT2D eigenvalue weighted by molar-refractivity contribution is -0.139. The predicted molar refractivity (Wildman–Crippen MR) is 54.5 cm³/mol. The smallest absolute Gasteiger partial charge is 0.333 e. The van der Waals surface area contributed by atoms with Crippen LogP contribution in [0.2, 0.25) is 0 Å². The van der Waals surface area contributed by atoms with Gasteiger partial charge in [0.1, 0.15) is 0 Å². The van der Waals surface area contributed by atoms with Gasteiger partial charge in [0.15, 0.2) is 0 Å². The molecule has 0 rings (SSSR count). The molecule has 0 aliphatic heterocycles. The molecule has 0 unspecified atom stereocenters. The number of unbranched alkanes of at least 4 members (excludes halogenated alkanes) is 4. The number of carbonyl (C=O) groups excluding carboxylic acids is 1. The molecule has 0 fully saturated rings. The van der Waals surface area contributed by atoms with Crippen LogP contribution in [0.25, 0.3) is 0 Å². The van der Waals surface area contributed by atoms with E-state index in [2.05, 4.69) is 12.6 Å². The van der Waals surface area contributed by atoms with Crippen molar-refractivity contribution in [2.45, 2.75) is 39.0 Å². The van der Waals surface area contributed by atoms with Gasteiger partial charge in [0.25, 0.3) is 0 Å². The highest BCUT2D eigenvalue weighted by Gasteiger charge is 2.01. The Morgan fingerprint density at radius 1 is 1.36 bits per heavy atom. The molecule has 3 heteroatoms. The number of esters is 1. The van der Waals surface area contributed by atoms with Gasteiger partial charge in [-0.2, -0.15) is 5.26 Å². The zero-order valence-electron chi connectivity index (χ0n) is 8.71. The van der Waals surface area contributed by atoms with Gasteiger partial charge in [-0.15, -0.1) is 0 Å². The number of ether oxygens (including phenoxy) is 1. The van der Waals surface area contributed by atoms with Gasteiger partial charge in [0.05, 0.1) is 12.7 Å². The van der Waals surface area contributed by atoms with Crippen molar-refractivity contribution < 1.29 is 9.53 Å². The summed E-state index contributed by atoms with van der Waals surface area (Å²) >= 11 is 0. The van der Waals surface area contributed by atoms with Gasteiger partial charge < -0.3 is 4.74 Å². The summed E-state index contributed by atoms with van der Waals surface area (Å²) in [4.78, 5) is 10.9. The van der Waals surface area contributed by atoms with Crippen molar-refractivity contribution >= 4 is 5.97 Å². The molecular formula is C11H17NO2. The fourth-order valence-electron chi connectivity index (χ4n) is 0.948. The minimum atomic E-state index is -0.318. The maximum absolute atomic E-state index is 10.9. The highest BCUT2D eigenvalue weighted by atomic mass is 16.5. The Morgan fingerprint density at radius 2 is 2.00 bits per heavy atom. The van der Waals surface area contributed by atoms with E-state index in [0.717, 1.165) is 25.7 Å². The van der Waals surface area contributed by atoms with Crippen LogP contribution in [0.5, 0.6) is 0 Å². The van der Waals surface area contributed by atoms with E-state index in [-0.39, 0.29) is 5.97 Å². The number of rotatable bonds is 7. The molecule has 0 aromatic carbocycles. The van der Waals surface area contributed by atoms with Crippen molar-refractivity contribution in [2.75, 3.05) is 6.61 Å². The second kappa shape index (κ2) is 8.31. The molecule has 0 aromatic rings. The predicted octanol–water partition coefficient (Wildman–Crippen LogP) is 2.58. The molecule has 0 N–H and O–H groups in total. The molecule has 0 atom stereocenters. The Labute approximate surface area is 85.4 Å². The van der Waals surface area contributed by atoms with Crippen molar-refractivity contribution in [1.29, 1.82) is 5.26 Å². The summed E-state index contributed by atoms with van der Waals surface area (Å²) in [6.45, 7) is 5.57. The third-order valence-corrected chi connectivity index (χ3v) is 1.76. The lowest BCUT2D eigenvalue weighted by Gasteiger charge is -2.03. The van der Waals surface area contributed by atoms with Crippen LogP contribution in [0.4, 0.5) is 0 Å². The molecule has 0 aliphatic rings. The second-order valence-electron chi connectivity index (χ2n) is 3.24. The fraction of sp³-hybridized carbons (Fsp3) is 0.636. The van der Waals surface area contributed by atoms with Crippen molar-refractivity contribution in [2.24, 2.45) is 0 Å². The molecule has 0 bridgehead atoms. The molecule has 3 nitrogen and oxygen atoms in total. The topological polar surface area (TPSA) is 50.1 Å². The van der Waals surface area contributed by atoms with E-state index in [4.69, 9.17) is 10.00 Å². The van der Waals surface area contributed by atoms with Crippen LogP contribution in [0.15, 0.2) is 12.2 Å². The maximum atomic E-state index is 10.9. The normalized spacial score (nSPS) is 9.14. The molecule has 78 valence electrons. The maximum Gasteiger partial charge on any atom is 0.333 e. The second-order valence-corrected chi connectivity index (χ2v) is 3.24. The van der Waals surface area contributed by atoms with Crippen LogP contribution in [-0.4, -0.2) is 12.6 Å². The molecule has 0 amide bonds. The van der Waals surface area contributed by atoms with Crippen LogP contribution >= 0.6 is 0 Å². The number of hydrogen-bond acceptors (Lipinski definition) is 3. The Hall–Kier alpha value is -1.30. The van der Waals surface area contributed by atoms with Crippen molar-refractivity contribution in [1.82, 2.24) is 0 Å². The van der Waals surface area contributed by atoms with Gasteiger partial charge in [-0.3, -0.25) is 0 Å². The SMILES string of the molecule is C=C(C)C(=O)OCCCCCCC#N. The first-order chi connectivity index (χ1) is 6.68. The van der Waals surface area contributed by atoms with E-state index in [9.17, 15) is 4.79 Å². The molecule has 0 spiro atoms. The molecular weight excluding hydrogens is 178 g/mol. The summed E-state index contributed by atoms with van der Waals surface area (Å²) in [5.74, 6) is -0.318. The van der Waals surface area contributed by atoms with E-state index in [1.807, 2.05) is 0 Å². The summed E-state index contributed by atoms with van der Waals surface area (Å²) in [6.07, 6.45) is 4.45. The summed E-state index contributed by atoms with van der Waals surface area (Å²) in [5.41, 5.74) is 0.439. The van der Waals surface area contributed by atoms with Crippen LogP contribution in [0.3, 0.4) is 0 Å². The van der Waals surface area contributed by atoms with E-state index in [1.54, 1.807) is 6.92 Å². The van der Waals surface area contributed by atoms with Crippen LogP contribution in [0.1, 0.15) is 39.0 Å². The fourth-order valence-corrected chi connectivity index (χ4v) is 0.948. The monoisotopic (exact) mass is 195 g/mol. The van der Waals surface area contributed by atoms with E-state index in [0.29, 0.717) is 18.6 Å². The summed E-state index contributed by atoms with van der Waals surface area (Å²) in [7, 11) is 0. The Balaban J connectivity index is 3.18. The summed E-state index contributed by atoms with van der Waals surface area (Å²) < 4.78 is 4.91. The Bertz CT molecular complexity index is 228. The first-order valence-corrected chi connectivity index (χ1v) is 4.88. The van der Waals surface area contributed by atoms with Gasteiger partial charge in [0, 0.05) is 12.0 Å². The van der Waals surface area contributed by atoms with E-state index < -0.39 is 0 Å². The molecule has 0 saturated heterocycles. The molecule has 0 heterocycles. The van der Waals surface area contributed by atoms with Crippen molar-refractivity contribution in [3.8, 4) is 6.07 Å². The lowest BCUT2D eigenvalue weighted by atomic mass is 10.2. The minimum absolute atomic E-state index is 0.318. The standard InChI is InChI=1S/C11H17NO2/c1-10(2)11(13)14-9-7-5-3-4-6-8-12/h1,3-7,9H2,2H3. The highest BCUT2D eigenvalue weighted by Crippen LogP contribution is 2.03. The summed E-state index contributed by atoms with van der Waals surface area (Å²) in [5, 5.41) is 8.27. The number of nitrogens with zero attached hydrogens (tertiary/aromatic N) is 1. The zero-order chi connectivity index (χ0) is 10.8. The van der Waals surface area contributed by atoms with Crippen LogP contribution in [0, 0.1) is 11.3 Å². The third-order valence-electron chi connectivity index (χ3n) is 1.76.